The Morgan fingerprint density at radius 1 is 1.33 bits per heavy atom. The van der Waals surface area contributed by atoms with Gasteiger partial charge < -0.3 is 10.4 Å². The molecule has 1 saturated carbocycles. The largest absolute Gasteiger partial charge is 0.401 e. The quantitative estimate of drug-likeness (QED) is 0.681. The summed E-state index contributed by atoms with van der Waals surface area (Å²) in [7, 11) is 0. The van der Waals surface area contributed by atoms with Gasteiger partial charge in [-0.15, -0.1) is 0 Å². The van der Waals surface area contributed by atoms with E-state index in [0.717, 1.165) is 0 Å². The Kier molecular flexibility index (Phi) is 2.95. The predicted octanol–water partition coefficient (Wildman–Crippen LogP) is 0.909. The molecule has 0 aromatic carbocycles. The van der Waals surface area contributed by atoms with Gasteiger partial charge in [0.15, 0.2) is 0 Å². The number of hydrogen-bond acceptors (Lipinski definition) is 2. The summed E-state index contributed by atoms with van der Waals surface area (Å²) in [4.78, 5) is 0. The molecule has 1 fully saturated rings. The van der Waals surface area contributed by atoms with Gasteiger partial charge in [-0.2, -0.15) is 13.2 Å². The fraction of sp³-hybridized carbons (Fsp3) is 1.00. The minimum absolute atomic E-state index is 0.224. The van der Waals surface area contributed by atoms with Crippen molar-refractivity contribution in [3.05, 3.63) is 0 Å². The second-order valence-electron chi connectivity index (χ2n) is 3.24. The van der Waals surface area contributed by atoms with Gasteiger partial charge in [-0.1, -0.05) is 0 Å². The molecule has 0 radical (unpaired) electrons. The third-order valence-electron chi connectivity index (χ3n) is 1.97. The van der Waals surface area contributed by atoms with Crippen molar-refractivity contribution in [2.24, 2.45) is 5.92 Å². The first-order valence-electron chi connectivity index (χ1n) is 3.93. The molecule has 12 heavy (non-hydrogen) atoms. The van der Waals surface area contributed by atoms with Crippen molar-refractivity contribution in [1.82, 2.24) is 5.32 Å². The summed E-state index contributed by atoms with van der Waals surface area (Å²) in [5.74, 6) is 0.224. The Morgan fingerprint density at radius 3 is 2.33 bits per heavy atom. The molecule has 0 atom stereocenters. The standard InChI is InChI=1S/C7H12F3NO/c8-7(9,10)4-11-3-5-1-6(12)2-5/h5-6,11-12H,1-4H2. The SMILES string of the molecule is OC1CC(CNCC(F)(F)F)C1. The topological polar surface area (TPSA) is 32.3 Å². The van der Waals surface area contributed by atoms with Crippen LogP contribution in [0.4, 0.5) is 13.2 Å². The molecule has 1 rings (SSSR count). The van der Waals surface area contributed by atoms with Gasteiger partial charge in [0.2, 0.25) is 0 Å². The predicted molar refractivity (Wildman–Crippen MR) is 37.7 cm³/mol. The number of aliphatic hydroxyl groups is 1. The molecular weight excluding hydrogens is 171 g/mol. The molecule has 0 aliphatic heterocycles. The normalized spacial score (nSPS) is 30.0. The summed E-state index contributed by atoms with van der Waals surface area (Å²) in [5.41, 5.74) is 0. The Bertz CT molecular complexity index is 142. The zero-order chi connectivity index (χ0) is 9.19. The average molecular weight is 183 g/mol. The van der Waals surface area contributed by atoms with Crippen LogP contribution in [0.5, 0.6) is 0 Å². The molecule has 72 valence electrons. The Hall–Kier alpha value is -0.290. The molecule has 1 aliphatic rings. The van der Waals surface area contributed by atoms with Crippen LogP contribution in [-0.2, 0) is 0 Å². The molecular formula is C7H12F3NO. The molecule has 2 N–H and O–H groups in total. The summed E-state index contributed by atoms with van der Waals surface area (Å²) in [6.07, 6.45) is -3.15. The number of aliphatic hydroxyl groups excluding tert-OH is 1. The Balaban J connectivity index is 1.97. The van der Waals surface area contributed by atoms with E-state index < -0.39 is 12.7 Å². The smallest absolute Gasteiger partial charge is 0.393 e. The van der Waals surface area contributed by atoms with E-state index in [4.69, 9.17) is 5.11 Å². The minimum atomic E-state index is -4.12. The highest BCUT2D eigenvalue weighted by molar-refractivity contribution is 4.80. The van der Waals surface area contributed by atoms with Crippen LogP contribution in [0.15, 0.2) is 0 Å². The first-order chi connectivity index (χ1) is 5.47. The van der Waals surface area contributed by atoms with E-state index >= 15 is 0 Å². The molecule has 1 aliphatic carbocycles. The molecule has 5 heteroatoms. The lowest BCUT2D eigenvalue weighted by molar-refractivity contribution is -0.125. The zero-order valence-electron chi connectivity index (χ0n) is 6.56. The van der Waals surface area contributed by atoms with Crippen molar-refractivity contribution >= 4 is 0 Å². The van der Waals surface area contributed by atoms with Crippen LogP contribution in [-0.4, -0.2) is 30.5 Å². The molecule has 2 nitrogen and oxygen atoms in total. The second-order valence-corrected chi connectivity index (χ2v) is 3.24. The molecule has 0 spiro atoms. The van der Waals surface area contributed by atoms with Crippen molar-refractivity contribution in [1.29, 1.82) is 0 Å². The first-order valence-corrected chi connectivity index (χ1v) is 3.93. The van der Waals surface area contributed by atoms with Gasteiger partial charge in [0, 0.05) is 0 Å². The first kappa shape index (κ1) is 9.80. The molecule has 0 heterocycles. The van der Waals surface area contributed by atoms with E-state index in [1.54, 1.807) is 0 Å². The zero-order valence-corrected chi connectivity index (χ0v) is 6.56. The van der Waals surface area contributed by atoms with E-state index in [-0.39, 0.29) is 12.0 Å². The van der Waals surface area contributed by atoms with Crippen LogP contribution < -0.4 is 5.32 Å². The van der Waals surface area contributed by atoms with E-state index in [1.165, 1.54) is 0 Å². The van der Waals surface area contributed by atoms with Crippen LogP contribution >= 0.6 is 0 Å². The van der Waals surface area contributed by atoms with Gasteiger partial charge in [-0.25, -0.2) is 0 Å². The van der Waals surface area contributed by atoms with E-state index in [0.29, 0.717) is 19.4 Å². The van der Waals surface area contributed by atoms with Gasteiger partial charge in [0.1, 0.15) is 0 Å². The maximum atomic E-state index is 11.6. The highest BCUT2D eigenvalue weighted by Crippen LogP contribution is 2.26. The van der Waals surface area contributed by atoms with Crippen molar-refractivity contribution in [2.45, 2.75) is 25.1 Å². The third kappa shape index (κ3) is 3.40. The van der Waals surface area contributed by atoms with Crippen molar-refractivity contribution in [2.75, 3.05) is 13.1 Å². The van der Waals surface area contributed by atoms with Gasteiger partial charge in [0.05, 0.1) is 12.6 Å². The summed E-state index contributed by atoms with van der Waals surface area (Å²) >= 11 is 0. The highest BCUT2D eigenvalue weighted by atomic mass is 19.4. The van der Waals surface area contributed by atoms with Gasteiger partial charge in [-0.3, -0.25) is 0 Å². The third-order valence-corrected chi connectivity index (χ3v) is 1.97. The van der Waals surface area contributed by atoms with Crippen LogP contribution in [0.2, 0.25) is 0 Å². The molecule has 0 aromatic heterocycles. The monoisotopic (exact) mass is 183 g/mol. The summed E-state index contributed by atoms with van der Waals surface area (Å²) in [5, 5.41) is 11.1. The molecule has 0 saturated heterocycles. The number of alkyl halides is 3. The number of hydrogen-bond donors (Lipinski definition) is 2. The van der Waals surface area contributed by atoms with Crippen LogP contribution in [0, 0.1) is 5.92 Å². The number of nitrogens with one attached hydrogen (secondary N) is 1. The molecule has 0 aromatic rings. The lowest BCUT2D eigenvalue weighted by atomic mass is 9.82. The van der Waals surface area contributed by atoms with E-state index in [1.807, 2.05) is 0 Å². The summed E-state index contributed by atoms with van der Waals surface area (Å²) < 4.78 is 34.8. The fourth-order valence-electron chi connectivity index (χ4n) is 1.29. The van der Waals surface area contributed by atoms with E-state index in [2.05, 4.69) is 5.32 Å². The second kappa shape index (κ2) is 3.62. The molecule has 0 amide bonds. The number of rotatable bonds is 3. The average Bonchev–Trinajstić information content (AvgIpc) is 1.81. The van der Waals surface area contributed by atoms with E-state index in [9.17, 15) is 13.2 Å². The summed E-state index contributed by atoms with van der Waals surface area (Å²) in [6.45, 7) is -0.573. The minimum Gasteiger partial charge on any atom is -0.393 e. The van der Waals surface area contributed by atoms with Crippen molar-refractivity contribution in [3.63, 3.8) is 0 Å². The molecule has 0 unspecified atom stereocenters. The van der Waals surface area contributed by atoms with Crippen molar-refractivity contribution in [3.8, 4) is 0 Å². The van der Waals surface area contributed by atoms with Crippen LogP contribution in [0.25, 0.3) is 0 Å². The van der Waals surface area contributed by atoms with Gasteiger partial charge in [0.25, 0.3) is 0 Å². The maximum absolute atomic E-state index is 11.6. The van der Waals surface area contributed by atoms with Crippen LogP contribution in [0.1, 0.15) is 12.8 Å². The fourth-order valence-corrected chi connectivity index (χ4v) is 1.29. The Labute approximate surface area is 68.8 Å². The Morgan fingerprint density at radius 2 is 1.92 bits per heavy atom. The lowest BCUT2D eigenvalue weighted by Crippen LogP contribution is -2.39. The lowest BCUT2D eigenvalue weighted by Gasteiger charge is -2.31. The van der Waals surface area contributed by atoms with Crippen molar-refractivity contribution < 1.29 is 18.3 Å². The maximum Gasteiger partial charge on any atom is 0.401 e. The van der Waals surface area contributed by atoms with Crippen LogP contribution in [0.3, 0.4) is 0 Å². The van der Waals surface area contributed by atoms with Gasteiger partial charge >= 0.3 is 6.18 Å². The highest BCUT2D eigenvalue weighted by Gasteiger charge is 2.30. The molecule has 0 bridgehead atoms. The van der Waals surface area contributed by atoms with Gasteiger partial charge in [-0.05, 0) is 25.3 Å². The summed E-state index contributed by atoms with van der Waals surface area (Å²) in [6, 6.07) is 0. The number of halogens is 3.